The van der Waals surface area contributed by atoms with Crippen LogP contribution in [-0.2, 0) is 0 Å². The summed E-state index contributed by atoms with van der Waals surface area (Å²) < 4.78 is 5.47. The van der Waals surface area contributed by atoms with Crippen LogP contribution in [0.1, 0.15) is 64.5 Å². The molecule has 0 aromatic heterocycles. The Morgan fingerprint density at radius 2 is 1.75 bits per heavy atom. The summed E-state index contributed by atoms with van der Waals surface area (Å²) in [6.45, 7) is 7.17. The molecular formula is C18H28O2. The van der Waals surface area contributed by atoms with E-state index in [4.69, 9.17) is 4.74 Å². The van der Waals surface area contributed by atoms with Crippen LogP contribution in [-0.4, -0.2) is 11.7 Å². The Hall–Kier alpha value is -1.02. The smallest absolute Gasteiger partial charge is 0.119 e. The average Bonchev–Trinajstić information content (AvgIpc) is 2.88. The summed E-state index contributed by atoms with van der Waals surface area (Å²) in [6.07, 6.45) is 5.57. The minimum atomic E-state index is -0.344. The molecule has 20 heavy (non-hydrogen) atoms. The van der Waals surface area contributed by atoms with E-state index in [9.17, 15) is 5.11 Å². The van der Waals surface area contributed by atoms with E-state index in [2.05, 4.69) is 13.8 Å². The van der Waals surface area contributed by atoms with Crippen molar-refractivity contribution in [2.24, 2.45) is 11.3 Å². The Bertz CT molecular complexity index is 402. The first kappa shape index (κ1) is 15.4. The number of ether oxygens (including phenoxy) is 1. The predicted molar refractivity (Wildman–Crippen MR) is 82.9 cm³/mol. The molecule has 2 rings (SSSR count). The first-order valence-corrected chi connectivity index (χ1v) is 7.98. The molecule has 1 aromatic rings. The second-order valence-corrected chi connectivity index (χ2v) is 6.57. The van der Waals surface area contributed by atoms with Gasteiger partial charge in [-0.1, -0.05) is 38.8 Å². The monoisotopic (exact) mass is 276 g/mol. The number of rotatable bonds is 6. The fourth-order valence-electron chi connectivity index (χ4n) is 3.75. The Kier molecular flexibility index (Phi) is 5.09. The minimum Gasteiger partial charge on any atom is -0.494 e. The van der Waals surface area contributed by atoms with Gasteiger partial charge in [0, 0.05) is 5.41 Å². The molecule has 0 radical (unpaired) electrons. The van der Waals surface area contributed by atoms with Gasteiger partial charge in [0.2, 0.25) is 0 Å². The zero-order chi connectivity index (χ0) is 14.6. The van der Waals surface area contributed by atoms with Gasteiger partial charge in [0.1, 0.15) is 5.75 Å². The molecule has 1 atom stereocenters. The number of benzene rings is 1. The van der Waals surface area contributed by atoms with E-state index < -0.39 is 0 Å². The van der Waals surface area contributed by atoms with Crippen LogP contribution >= 0.6 is 0 Å². The summed E-state index contributed by atoms with van der Waals surface area (Å²) in [7, 11) is 0. The molecule has 0 amide bonds. The highest BCUT2D eigenvalue weighted by Gasteiger charge is 2.41. The number of aliphatic hydroxyl groups is 1. The van der Waals surface area contributed by atoms with Crippen molar-refractivity contribution in [3.05, 3.63) is 29.8 Å². The molecule has 0 saturated heterocycles. The van der Waals surface area contributed by atoms with Crippen molar-refractivity contribution in [2.75, 3.05) is 6.61 Å². The molecule has 1 aliphatic rings. The van der Waals surface area contributed by atoms with Crippen LogP contribution in [0.15, 0.2) is 24.3 Å². The van der Waals surface area contributed by atoms with Gasteiger partial charge in [0.25, 0.3) is 0 Å². The van der Waals surface area contributed by atoms with Crippen LogP contribution in [0.4, 0.5) is 0 Å². The van der Waals surface area contributed by atoms with E-state index in [-0.39, 0.29) is 11.5 Å². The van der Waals surface area contributed by atoms with Crippen LogP contribution in [0.2, 0.25) is 0 Å². The van der Waals surface area contributed by atoms with Gasteiger partial charge in [-0.15, -0.1) is 0 Å². The van der Waals surface area contributed by atoms with Crippen molar-refractivity contribution in [1.29, 1.82) is 0 Å². The second-order valence-electron chi connectivity index (χ2n) is 6.57. The van der Waals surface area contributed by atoms with Gasteiger partial charge in [0.15, 0.2) is 0 Å². The van der Waals surface area contributed by atoms with Crippen molar-refractivity contribution < 1.29 is 9.84 Å². The lowest BCUT2D eigenvalue weighted by Gasteiger charge is -2.36. The molecule has 1 unspecified atom stereocenters. The lowest BCUT2D eigenvalue weighted by molar-refractivity contribution is 0.0112. The fraction of sp³-hybridized carbons (Fsp3) is 0.667. The van der Waals surface area contributed by atoms with E-state index in [1.54, 1.807) is 0 Å². The lowest BCUT2D eigenvalue weighted by atomic mass is 9.72. The van der Waals surface area contributed by atoms with Crippen LogP contribution < -0.4 is 4.74 Å². The third-order valence-electron chi connectivity index (χ3n) is 4.50. The first-order chi connectivity index (χ1) is 9.57. The fourth-order valence-corrected chi connectivity index (χ4v) is 3.75. The zero-order valence-electron chi connectivity index (χ0n) is 13.1. The Morgan fingerprint density at radius 1 is 1.15 bits per heavy atom. The Morgan fingerprint density at radius 3 is 2.25 bits per heavy atom. The zero-order valence-corrected chi connectivity index (χ0v) is 13.1. The summed E-state index contributed by atoms with van der Waals surface area (Å²) in [6, 6.07) is 7.99. The Labute approximate surface area is 123 Å². The normalized spacial score (nSPS) is 19.2. The van der Waals surface area contributed by atoms with E-state index in [0.717, 1.165) is 30.6 Å². The topological polar surface area (TPSA) is 29.5 Å². The third-order valence-corrected chi connectivity index (χ3v) is 4.50. The van der Waals surface area contributed by atoms with Gasteiger partial charge in [-0.25, -0.2) is 0 Å². The van der Waals surface area contributed by atoms with E-state index in [1.165, 1.54) is 12.8 Å². The van der Waals surface area contributed by atoms with Crippen molar-refractivity contribution in [1.82, 2.24) is 0 Å². The number of aliphatic hydroxyl groups excluding tert-OH is 1. The highest BCUT2D eigenvalue weighted by atomic mass is 16.5. The SMILES string of the molecule is CCOc1ccc(C(O)C2(CC(C)C)CCCC2)cc1. The van der Waals surface area contributed by atoms with Gasteiger partial charge < -0.3 is 9.84 Å². The Balaban J connectivity index is 2.16. The summed E-state index contributed by atoms with van der Waals surface area (Å²) in [4.78, 5) is 0. The largest absolute Gasteiger partial charge is 0.494 e. The van der Waals surface area contributed by atoms with E-state index >= 15 is 0 Å². The molecule has 2 heteroatoms. The van der Waals surface area contributed by atoms with Crippen molar-refractivity contribution >= 4 is 0 Å². The number of hydrogen-bond acceptors (Lipinski definition) is 2. The molecule has 0 spiro atoms. The molecule has 2 nitrogen and oxygen atoms in total. The van der Waals surface area contributed by atoms with E-state index in [0.29, 0.717) is 12.5 Å². The van der Waals surface area contributed by atoms with Crippen molar-refractivity contribution in [3.63, 3.8) is 0 Å². The van der Waals surface area contributed by atoms with Crippen LogP contribution in [0.3, 0.4) is 0 Å². The molecule has 0 bridgehead atoms. The van der Waals surface area contributed by atoms with E-state index in [1.807, 2.05) is 31.2 Å². The highest BCUT2D eigenvalue weighted by Crippen LogP contribution is 2.51. The van der Waals surface area contributed by atoms with Gasteiger partial charge in [-0.2, -0.15) is 0 Å². The molecule has 1 fully saturated rings. The minimum absolute atomic E-state index is 0.0846. The van der Waals surface area contributed by atoms with Gasteiger partial charge in [0.05, 0.1) is 12.7 Å². The predicted octanol–water partition coefficient (Wildman–Crippen LogP) is 4.73. The molecular weight excluding hydrogens is 248 g/mol. The molecule has 112 valence electrons. The maximum atomic E-state index is 10.9. The maximum absolute atomic E-state index is 10.9. The quantitative estimate of drug-likeness (QED) is 0.814. The molecule has 0 heterocycles. The van der Waals surface area contributed by atoms with Crippen LogP contribution in [0.25, 0.3) is 0 Å². The van der Waals surface area contributed by atoms with Gasteiger partial charge >= 0.3 is 0 Å². The standard InChI is InChI=1S/C18H28O2/c1-4-20-16-9-7-15(8-10-16)17(19)18(13-14(2)3)11-5-6-12-18/h7-10,14,17,19H,4-6,11-13H2,1-3H3. The summed E-state index contributed by atoms with van der Waals surface area (Å²) in [5.41, 5.74) is 1.12. The molecule has 0 aliphatic heterocycles. The maximum Gasteiger partial charge on any atom is 0.119 e. The first-order valence-electron chi connectivity index (χ1n) is 7.98. The molecule has 1 aliphatic carbocycles. The molecule has 1 saturated carbocycles. The summed E-state index contributed by atoms with van der Waals surface area (Å²) in [5, 5.41) is 10.9. The van der Waals surface area contributed by atoms with Crippen LogP contribution in [0, 0.1) is 11.3 Å². The number of hydrogen-bond donors (Lipinski definition) is 1. The van der Waals surface area contributed by atoms with Crippen molar-refractivity contribution in [3.8, 4) is 5.75 Å². The third kappa shape index (κ3) is 3.35. The van der Waals surface area contributed by atoms with Gasteiger partial charge in [-0.05, 0) is 49.8 Å². The van der Waals surface area contributed by atoms with Crippen molar-refractivity contribution in [2.45, 2.75) is 59.0 Å². The highest BCUT2D eigenvalue weighted by molar-refractivity contribution is 5.29. The average molecular weight is 276 g/mol. The summed E-state index contributed by atoms with van der Waals surface area (Å²) >= 11 is 0. The lowest BCUT2D eigenvalue weighted by Crippen LogP contribution is -2.27. The molecule has 1 N–H and O–H groups in total. The van der Waals surface area contributed by atoms with Gasteiger partial charge in [-0.3, -0.25) is 0 Å². The summed E-state index contributed by atoms with van der Waals surface area (Å²) in [5.74, 6) is 1.51. The second kappa shape index (κ2) is 6.62. The van der Waals surface area contributed by atoms with Crippen LogP contribution in [0.5, 0.6) is 5.75 Å². The molecule has 1 aromatic carbocycles.